The van der Waals surface area contributed by atoms with Gasteiger partial charge in [0.15, 0.2) is 0 Å². The summed E-state index contributed by atoms with van der Waals surface area (Å²) in [5.41, 5.74) is 0.291. The van der Waals surface area contributed by atoms with Crippen molar-refractivity contribution in [3.8, 4) is 0 Å². The molecular weight excluding hydrogens is 406 g/mol. The van der Waals surface area contributed by atoms with Gasteiger partial charge in [0, 0.05) is 36.1 Å². The molecule has 168 valence electrons. The number of H-pyrrole nitrogens is 1. The van der Waals surface area contributed by atoms with Crippen molar-refractivity contribution >= 4 is 11.8 Å². The van der Waals surface area contributed by atoms with E-state index in [1.807, 2.05) is 39.8 Å². The predicted molar refractivity (Wildman–Crippen MR) is 121 cm³/mol. The highest BCUT2D eigenvalue weighted by molar-refractivity contribution is 5.96. The lowest BCUT2D eigenvalue weighted by atomic mass is 10.0. The number of amides is 2. The Labute approximate surface area is 187 Å². The predicted octanol–water partition coefficient (Wildman–Crippen LogP) is 3.99. The van der Waals surface area contributed by atoms with Crippen LogP contribution in [0.1, 0.15) is 67.4 Å². The lowest BCUT2D eigenvalue weighted by Gasteiger charge is -2.36. The number of imidazole rings is 1. The van der Waals surface area contributed by atoms with Crippen molar-refractivity contribution in [1.29, 1.82) is 0 Å². The number of allylic oxidation sites excluding steroid dienone is 1. The molecule has 0 saturated heterocycles. The molecule has 2 unspecified atom stereocenters. The molecule has 0 bridgehead atoms. The van der Waals surface area contributed by atoms with Crippen LogP contribution in [0.2, 0.25) is 0 Å². The summed E-state index contributed by atoms with van der Waals surface area (Å²) in [6.07, 6.45) is 8.47. The third-order valence-electron chi connectivity index (χ3n) is 4.83. The number of hydrogen-bond donors (Lipinski definition) is 2. The van der Waals surface area contributed by atoms with Crippen LogP contribution in [-0.4, -0.2) is 37.2 Å². The second-order valence-electron chi connectivity index (χ2n) is 8.57. The maximum atomic E-state index is 13.6. The van der Waals surface area contributed by atoms with E-state index in [2.05, 4.69) is 26.8 Å². The number of aromatic nitrogens is 3. The average molecular weight is 436 g/mol. The van der Waals surface area contributed by atoms with E-state index in [9.17, 15) is 9.59 Å². The monoisotopic (exact) mass is 435 g/mol. The molecule has 3 rings (SSSR count). The summed E-state index contributed by atoms with van der Waals surface area (Å²) < 4.78 is 5.96. The minimum absolute atomic E-state index is 0.201. The Morgan fingerprint density at radius 3 is 2.69 bits per heavy atom. The highest BCUT2D eigenvalue weighted by atomic mass is 16.3. The quantitative estimate of drug-likeness (QED) is 0.521. The Bertz CT molecular complexity index is 1050. The zero-order valence-electron chi connectivity index (χ0n) is 18.8. The molecule has 2 atom stereocenters. The molecule has 3 heterocycles. The number of carbonyl (C=O) groups is 2. The molecule has 0 radical (unpaired) electrons. The van der Waals surface area contributed by atoms with E-state index < -0.39 is 23.5 Å². The second-order valence-corrected chi connectivity index (χ2v) is 8.57. The van der Waals surface area contributed by atoms with Crippen molar-refractivity contribution in [2.75, 3.05) is 0 Å². The standard InChI is InChI=1S/C24H29N5O3/c1-6-8-18-10-11-20(32-18)16(2)29(23(31)19-14-26-15-27-19)21(17-9-7-12-25-13-17)22(30)28-24(3,4)5/h6-7,9-16,21H,1,8H2,2-5H3,(H,26,27)(H,28,30). The molecule has 2 N–H and O–H groups in total. The van der Waals surface area contributed by atoms with Gasteiger partial charge in [-0.05, 0) is 45.9 Å². The topological polar surface area (TPSA) is 104 Å². The number of nitrogens with zero attached hydrogens (tertiary/aromatic N) is 3. The maximum Gasteiger partial charge on any atom is 0.275 e. The number of rotatable bonds is 8. The van der Waals surface area contributed by atoms with Crippen LogP contribution < -0.4 is 5.32 Å². The van der Waals surface area contributed by atoms with Crippen molar-refractivity contribution in [3.63, 3.8) is 0 Å². The molecule has 32 heavy (non-hydrogen) atoms. The van der Waals surface area contributed by atoms with E-state index in [0.717, 1.165) is 5.76 Å². The number of pyridine rings is 1. The van der Waals surface area contributed by atoms with Crippen LogP contribution in [0.3, 0.4) is 0 Å². The summed E-state index contributed by atoms with van der Waals surface area (Å²) in [5, 5.41) is 3.00. The molecular formula is C24H29N5O3. The van der Waals surface area contributed by atoms with Gasteiger partial charge in [0.05, 0.1) is 12.4 Å². The van der Waals surface area contributed by atoms with Crippen LogP contribution in [0.15, 0.2) is 66.3 Å². The normalized spacial score (nSPS) is 13.2. The fourth-order valence-electron chi connectivity index (χ4n) is 3.45. The van der Waals surface area contributed by atoms with Gasteiger partial charge in [-0.2, -0.15) is 0 Å². The summed E-state index contributed by atoms with van der Waals surface area (Å²) in [4.78, 5) is 39.7. The van der Waals surface area contributed by atoms with Gasteiger partial charge in [-0.1, -0.05) is 12.1 Å². The van der Waals surface area contributed by atoms with Crippen LogP contribution in [-0.2, 0) is 11.2 Å². The van der Waals surface area contributed by atoms with Gasteiger partial charge in [0.2, 0.25) is 5.91 Å². The first-order valence-corrected chi connectivity index (χ1v) is 10.4. The minimum atomic E-state index is -0.949. The Morgan fingerprint density at radius 1 is 1.31 bits per heavy atom. The van der Waals surface area contributed by atoms with Crippen LogP contribution in [0.4, 0.5) is 0 Å². The largest absolute Gasteiger partial charge is 0.464 e. The van der Waals surface area contributed by atoms with Crippen LogP contribution in [0.25, 0.3) is 0 Å². The van der Waals surface area contributed by atoms with Crippen LogP contribution >= 0.6 is 0 Å². The Kier molecular flexibility index (Phi) is 6.92. The van der Waals surface area contributed by atoms with Gasteiger partial charge in [-0.3, -0.25) is 14.6 Å². The summed E-state index contributed by atoms with van der Waals surface area (Å²) in [6, 6.07) is 5.67. The molecule has 8 heteroatoms. The zero-order chi connectivity index (χ0) is 23.3. The maximum absolute atomic E-state index is 13.6. The molecule has 0 aliphatic carbocycles. The van der Waals surface area contributed by atoms with Gasteiger partial charge >= 0.3 is 0 Å². The van der Waals surface area contributed by atoms with Gasteiger partial charge in [0.1, 0.15) is 23.3 Å². The number of nitrogens with one attached hydrogen (secondary N) is 2. The highest BCUT2D eigenvalue weighted by Gasteiger charge is 2.38. The fraction of sp³-hybridized carbons (Fsp3) is 0.333. The third-order valence-corrected chi connectivity index (χ3v) is 4.83. The fourth-order valence-corrected chi connectivity index (χ4v) is 3.45. The smallest absolute Gasteiger partial charge is 0.275 e. The molecule has 3 aromatic rings. The second kappa shape index (κ2) is 9.64. The number of furan rings is 1. The van der Waals surface area contributed by atoms with E-state index in [-0.39, 0.29) is 11.6 Å². The average Bonchev–Trinajstić information content (AvgIpc) is 3.43. The third kappa shape index (κ3) is 5.32. The van der Waals surface area contributed by atoms with E-state index in [0.29, 0.717) is 17.7 Å². The number of hydrogen-bond acceptors (Lipinski definition) is 5. The summed E-state index contributed by atoms with van der Waals surface area (Å²) in [7, 11) is 0. The van der Waals surface area contributed by atoms with Crippen molar-refractivity contribution in [2.45, 2.75) is 51.7 Å². The molecule has 0 saturated carbocycles. The minimum Gasteiger partial charge on any atom is -0.464 e. The highest BCUT2D eigenvalue weighted by Crippen LogP contribution is 2.33. The van der Waals surface area contributed by atoms with Crippen LogP contribution in [0.5, 0.6) is 0 Å². The Morgan fingerprint density at radius 2 is 2.09 bits per heavy atom. The van der Waals surface area contributed by atoms with E-state index in [4.69, 9.17) is 4.42 Å². The molecule has 0 aliphatic rings. The molecule has 0 fully saturated rings. The SMILES string of the molecule is C=CCc1ccc(C(C)N(C(=O)c2c[nH]cn2)C(C(=O)NC(C)(C)C)c2cccnc2)o1. The Hall–Kier alpha value is -3.68. The molecule has 2 amide bonds. The van der Waals surface area contributed by atoms with Crippen LogP contribution in [0, 0.1) is 0 Å². The Balaban J connectivity index is 2.11. The first-order valence-electron chi connectivity index (χ1n) is 10.4. The van der Waals surface area contributed by atoms with Crippen molar-refractivity contribution in [2.24, 2.45) is 0 Å². The first-order chi connectivity index (χ1) is 15.2. The zero-order valence-corrected chi connectivity index (χ0v) is 18.8. The van der Waals surface area contributed by atoms with E-state index in [1.165, 1.54) is 17.4 Å². The number of carbonyl (C=O) groups excluding carboxylic acids is 2. The van der Waals surface area contributed by atoms with Crippen molar-refractivity contribution < 1.29 is 14.0 Å². The van der Waals surface area contributed by atoms with Crippen molar-refractivity contribution in [1.82, 2.24) is 25.2 Å². The van der Waals surface area contributed by atoms with Crippen molar-refractivity contribution in [3.05, 3.63) is 84.6 Å². The summed E-state index contributed by atoms with van der Waals surface area (Å²) >= 11 is 0. The van der Waals surface area contributed by atoms with Gasteiger partial charge in [-0.15, -0.1) is 6.58 Å². The molecule has 0 aliphatic heterocycles. The van der Waals surface area contributed by atoms with Gasteiger partial charge in [0.25, 0.3) is 5.91 Å². The summed E-state index contributed by atoms with van der Waals surface area (Å²) in [6.45, 7) is 11.2. The molecule has 8 nitrogen and oxygen atoms in total. The number of aromatic amines is 1. The van der Waals surface area contributed by atoms with E-state index >= 15 is 0 Å². The summed E-state index contributed by atoms with van der Waals surface area (Å²) in [5.74, 6) is 0.562. The molecule has 0 spiro atoms. The lowest BCUT2D eigenvalue weighted by Crippen LogP contribution is -2.50. The first kappa shape index (κ1) is 23.0. The molecule has 3 aromatic heterocycles. The van der Waals surface area contributed by atoms with E-state index in [1.54, 1.807) is 30.6 Å². The molecule has 0 aromatic carbocycles. The van der Waals surface area contributed by atoms with Gasteiger partial charge in [-0.25, -0.2) is 4.98 Å². The lowest BCUT2D eigenvalue weighted by molar-refractivity contribution is -0.128. The van der Waals surface area contributed by atoms with Gasteiger partial charge < -0.3 is 19.6 Å².